The van der Waals surface area contributed by atoms with Crippen molar-refractivity contribution in [1.82, 2.24) is 4.98 Å². The predicted molar refractivity (Wildman–Crippen MR) is 88.5 cm³/mol. The van der Waals surface area contributed by atoms with E-state index in [4.69, 9.17) is 0 Å². The standard InChI is InChI=1S/C16H17N2S2/c1-3-12(2)16-18(13-7-5-4-6-8-13)10-15(20-16)14-9-17-11-19-14/h4-9,11-12,16H,3H2,1-2H3. The number of hydrogen-bond acceptors (Lipinski definition) is 4. The first kappa shape index (κ1) is 13.7. The van der Waals surface area contributed by atoms with Crippen LogP contribution in [0.4, 0.5) is 5.69 Å². The molecule has 20 heavy (non-hydrogen) atoms. The number of rotatable bonds is 4. The van der Waals surface area contributed by atoms with Gasteiger partial charge in [0, 0.05) is 11.9 Å². The summed E-state index contributed by atoms with van der Waals surface area (Å²) in [6.07, 6.45) is 6.66. The van der Waals surface area contributed by atoms with E-state index < -0.39 is 0 Å². The van der Waals surface area contributed by atoms with Crippen LogP contribution >= 0.6 is 23.1 Å². The summed E-state index contributed by atoms with van der Waals surface area (Å²) in [5.41, 5.74) is 3.10. The number of thioether (sulfide) groups is 1. The van der Waals surface area contributed by atoms with Gasteiger partial charge < -0.3 is 4.90 Å². The molecule has 0 spiro atoms. The fraction of sp³-hybridized carbons (Fsp3) is 0.312. The second kappa shape index (κ2) is 6.02. The van der Waals surface area contributed by atoms with Gasteiger partial charge in [-0.25, -0.2) is 0 Å². The van der Waals surface area contributed by atoms with Gasteiger partial charge in [0.15, 0.2) is 0 Å². The molecule has 1 aliphatic heterocycles. The number of thiazole rings is 1. The van der Waals surface area contributed by atoms with Crippen LogP contribution in [0.3, 0.4) is 0 Å². The highest BCUT2D eigenvalue weighted by atomic mass is 32.2. The minimum absolute atomic E-state index is 0.416. The second-order valence-corrected chi connectivity index (χ2v) is 6.92. The van der Waals surface area contributed by atoms with Gasteiger partial charge in [-0.3, -0.25) is 4.98 Å². The van der Waals surface area contributed by atoms with Crippen molar-refractivity contribution < 1.29 is 0 Å². The van der Waals surface area contributed by atoms with Crippen LogP contribution < -0.4 is 4.90 Å². The third-order valence-corrected chi connectivity index (χ3v) is 5.92. The quantitative estimate of drug-likeness (QED) is 0.801. The van der Waals surface area contributed by atoms with Crippen LogP contribution in [0.1, 0.15) is 25.1 Å². The fourth-order valence-corrected chi connectivity index (χ4v) is 4.25. The first-order valence-corrected chi connectivity index (χ1v) is 8.59. The maximum Gasteiger partial charge on any atom is 0.0873 e. The van der Waals surface area contributed by atoms with Crippen molar-refractivity contribution in [3.8, 4) is 0 Å². The SMILES string of the molecule is CCC(C)C1SC(c2cncs2)=[C]N1c1ccccc1. The molecule has 0 aliphatic carbocycles. The Morgan fingerprint density at radius 3 is 2.80 bits per heavy atom. The van der Waals surface area contributed by atoms with Gasteiger partial charge >= 0.3 is 0 Å². The highest BCUT2D eigenvalue weighted by Crippen LogP contribution is 2.45. The monoisotopic (exact) mass is 301 g/mol. The zero-order valence-corrected chi connectivity index (χ0v) is 13.2. The summed E-state index contributed by atoms with van der Waals surface area (Å²) >= 11 is 3.59. The van der Waals surface area contributed by atoms with Crippen LogP contribution in [0.2, 0.25) is 0 Å². The molecular weight excluding hydrogens is 284 g/mol. The summed E-state index contributed by atoms with van der Waals surface area (Å²) in [6, 6.07) is 10.5. The molecule has 0 N–H and O–H groups in total. The van der Waals surface area contributed by atoms with E-state index in [1.165, 1.54) is 21.9 Å². The Balaban J connectivity index is 1.94. The molecular formula is C16H17N2S2. The molecule has 2 aromatic rings. The molecule has 0 fully saturated rings. The Kier molecular flexibility index (Phi) is 4.13. The lowest BCUT2D eigenvalue weighted by atomic mass is 10.1. The lowest BCUT2D eigenvalue weighted by Gasteiger charge is -2.28. The summed E-state index contributed by atoms with van der Waals surface area (Å²) in [5.74, 6) is 0.609. The van der Waals surface area contributed by atoms with Gasteiger partial charge in [-0.1, -0.05) is 50.2 Å². The van der Waals surface area contributed by atoms with Gasteiger partial charge in [-0.15, -0.1) is 11.3 Å². The van der Waals surface area contributed by atoms with Crippen molar-refractivity contribution >= 4 is 33.7 Å². The maximum absolute atomic E-state index is 4.18. The van der Waals surface area contributed by atoms with Gasteiger partial charge in [-0.2, -0.15) is 0 Å². The Morgan fingerprint density at radius 2 is 2.15 bits per heavy atom. The van der Waals surface area contributed by atoms with E-state index in [-0.39, 0.29) is 0 Å². The number of benzene rings is 1. The zero-order chi connectivity index (χ0) is 13.9. The molecule has 2 heterocycles. The first-order chi connectivity index (χ1) is 9.79. The van der Waals surface area contributed by atoms with E-state index >= 15 is 0 Å². The zero-order valence-electron chi connectivity index (χ0n) is 11.6. The molecule has 0 saturated heterocycles. The van der Waals surface area contributed by atoms with Crippen molar-refractivity contribution in [2.45, 2.75) is 25.6 Å². The van der Waals surface area contributed by atoms with E-state index in [0.29, 0.717) is 11.3 Å². The number of aromatic nitrogens is 1. The molecule has 0 amide bonds. The van der Waals surface area contributed by atoms with Gasteiger partial charge in [0.2, 0.25) is 0 Å². The lowest BCUT2D eigenvalue weighted by molar-refractivity contribution is 0.537. The Morgan fingerprint density at radius 1 is 1.35 bits per heavy atom. The maximum atomic E-state index is 4.18. The predicted octanol–water partition coefficient (Wildman–Crippen LogP) is 4.87. The molecule has 2 unspecified atom stereocenters. The fourth-order valence-electron chi connectivity index (χ4n) is 2.19. The van der Waals surface area contributed by atoms with Crippen molar-refractivity contribution in [2.24, 2.45) is 5.92 Å². The summed E-state index contributed by atoms with van der Waals surface area (Å²) in [6.45, 7) is 4.56. The largest absolute Gasteiger partial charge is 0.326 e. The Bertz CT molecular complexity index is 578. The molecule has 0 saturated carbocycles. The smallest absolute Gasteiger partial charge is 0.0873 e. The summed E-state index contributed by atoms with van der Waals surface area (Å²) in [5, 5.41) is 0.416. The molecule has 3 rings (SSSR count). The van der Waals surface area contributed by atoms with Crippen molar-refractivity contribution in [2.75, 3.05) is 4.90 Å². The second-order valence-electron chi connectivity index (χ2n) is 4.91. The van der Waals surface area contributed by atoms with Gasteiger partial charge in [-0.05, 0) is 18.1 Å². The molecule has 1 aromatic carbocycles. The summed E-state index contributed by atoms with van der Waals surface area (Å²) in [7, 11) is 0. The highest BCUT2D eigenvalue weighted by molar-refractivity contribution is 8.09. The molecule has 2 nitrogen and oxygen atoms in total. The summed E-state index contributed by atoms with van der Waals surface area (Å²) in [4.78, 5) is 8.89. The van der Waals surface area contributed by atoms with Gasteiger partial charge in [0.25, 0.3) is 0 Å². The molecule has 2 atom stereocenters. The van der Waals surface area contributed by atoms with Crippen LogP contribution in [-0.2, 0) is 0 Å². The van der Waals surface area contributed by atoms with E-state index in [1.807, 2.05) is 23.5 Å². The molecule has 1 radical (unpaired) electrons. The minimum Gasteiger partial charge on any atom is -0.326 e. The van der Waals surface area contributed by atoms with Crippen molar-refractivity contribution in [3.05, 3.63) is 53.1 Å². The molecule has 0 bridgehead atoms. The lowest BCUT2D eigenvalue weighted by Crippen LogP contribution is -2.30. The van der Waals surface area contributed by atoms with E-state index in [2.05, 4.69) is 60.3 Å². The van der Waals surface area contributed by atoms with Crippen LogP contribution in [0.15, 0.2) is 42.0 Å². The third-order valence-electron chi connectivity index (χ3n) is 3.54. The van der Waals surface area contributed by atoms with Crippen molar-refractivity contribution in [3.63, 3.8) is 0 Å². The Hall–Kier alpha value is -1.26. The topological polar surface area (TPSA) is 16.1 Å². The first-order valence-electron chi connectivity index (χ1n) is 6.83. The summed E-state index contributed by atoms with van der Waals surface area (Å²) < 4.78 is 0. The normalized spacial score (nSPS) is 20.0. The van der Waals surface area contributed by atoms with Crippen LogP contribution in [-0.4, -0.2) is 10.4 Å². The van der Waals surface area contributed by atoms with E-state index in [9.17, 15) is 0 Å². The number of hydrogen-bond donors (Lipinski definition) is 0. The average molecular weight is 301 g/mol. The average Bonchev–Trinajstić information content (AvgIpc) is 3.16. The van der Waals surface area contributed by atoms with Crippen molar-refractivity contribution in [1.29, 1.82) is 0 Å². The molecule has 4 heteroatoms. The highest BCUT2D eigenvalue weighted by Gasteiger charge is 2.31. The molecule has 1 aromatic heterocycles. The Labute approximate surface area is 128 Å². The number of para-hydroxylation sites is 1. The third kappa shape index (κ3) is 2.63. The molecule has 103 valence electrons. The molecule has 1 aliphatic rings. The van der Waals surface area contributed by atoms with Crippen LogP contribution in [0, 0.1) is 12.1 Å². The van der Waals surface area contributed by atoms with Gasteiger partial charge in [0.1, 0.15) is 0 Å². The number of anilines is 1. The van der Waals surface area contributed by atoms with Crippen LogP contribution in [0.5, 0.6) is 0 Å². The number of nitrogens with zero attached hydrogens (tertiary/aromatic N) is 2. The van der Waals surface area contributed by atoms with Crippen LogP contribution in [0.25, 0.3) is 4.91 Å². The van der Waals surface area contributed by atoms with Gasteiger partial charge in [0.05, 0.1) is 26.9 Å². The van der Waals surface area contributed by atoms with E-state index in [1.54, 1.807) is 11.3 Å². The van der Waals surface area contributed by atoms with E-state index in [0.717, 1.165) is 0 Å². The minimum atomic E-state index is 0.416.